The van der Waals surface area contributed by atoms with Gasteiger partial charge in [-0.1, -0.05) is 20.8 Å². The Morgan fingerprint density at radius 3 is 2.14 bits per heavy atom. The summed E-state index contributed by atoms with van der Waals surface area (Å²) in [4.78, 5) is 0. The quantitative estimate of drug-likeness (QED) is 0.542. The molecule has 0 aliphatic heterocycles. The molecule has 6 saturated carbocycles. The minimum absolute atomic E-state index is 0.000765. The van der Waals surface area contributed by atoms with Crippen molar-refractivity contribution in [2.24, 2.45) is 57.2 Å². The maximum atomic E-state index is 11.3. The lowest BCUT2D eigenvalue weighted by Gasteiger charge is -2.47. The van der Waals surface area contributed by atoms with Gasteiger partial charge in [0.25, 0.3) is 0 Å². The normalized spacial score (nSPS) is 69.7. The third kappa shape index (κ3) is 1.60. The van der Waals surface area contributed by atoms with Gasteiger partial charge >= 0.3 is 0 Å². The smallest absolute Gasteiger partial charge is 0.0654 e. The van der Waals surface area contributed by atoms with Crippen molar-refractivity contribution >= 4 is 0 Å². The summed E-state index contributed by atoms with van der Waals surface area (Å²) < 4.78 is 0. The van der Waals surface area contributed by atoms with E-state index in [1.165, 1.54) is 0 Å². The maximum Gasteiger partial charge on any atom is 0.0654 e. The number of fused-ring (bicyclic) bond motifs is 3. The molecule has 0 heterocycles. The summed E-state index contributed by atoms with van der Waals surface area (Å²) in [5, 5.41) is 44.8. The van der Waals surface area contributed by atoms with Gasteiger partial charge in [-0.2, -0.15) is 0 Å². The fourth-order valence-corrected chi connectivity index (χ4v) is 11.8. The van der Waals surface area contributed by atoms with Crippen molar-refractivity contribution in [2.75, 3.05) is 0 Å². The molecule has 4 nitrogen and oxygen atoms in total. The minimum Gasteiger partial charge on any atom is -0.393 e. The lowest BCUT2D eigenvalue weighted by molar-refractivity contribution is -0.0641. The first-order valence-electron chi connectivity index (χ1n) is 12.0. The molecule has 0 saturated heterocycles. The molecule has 29 heavy (non-hydrogen) atoms. The minimum atomic E-state index is -0.786. The fourth-order valence-electron chi connectivity index (χ4n) is 11.8. The van der Waals surface area contributed by atoms with E-state index in [0.717, 1.165) is 25.7 Å². The van der Waals surface area contributed by atoms with E-state index in [1.54, 1.807) is 0 Å². The molecule has 0 bridgehead atoms. The summed E-state index contributed by atoms with van der Waals surface area (Å²) in [6.45, 7) is 12.8. The molecule has 164 valence electrons. The molecule has 2 spiro atoms. The highest BCUT2D eigenvalue weighted by Crippen LogP contribution is 2.95. The van der Waals surface area contributed by atoms with Gasteiger partial charge < -0.3 is 20.4 Å². The Hall–Kier alpha value is -0.160. The second kappa shape index (κ2) is 4.77. The number of aliphatic hydroxyl groups excluding tert-OH is 2. The molecular formula is C25H40O4. The van der Waals surface area contributed by atoms with Crippen LogP contribution in [0.2, 0.25) is 0 Å². The Balaban J connectivity index is 1.50. The number of hydrogen-bond donors (Lipinski definition) is 4. The first kappa shape index (κ1) is 19.5. The number of hydrogen-bond acceptors (Lipinski definition) is 4. The van der Waals surface area contributed by atoms with Crippen LogP contribution in [-0.4, -0.2) is 43.8 Å². The van der Waals surface area contributed by atoms with Gasteiger partial charge in [0.1, 0.15) is 0 Å². The first-order chi connectivity index (χ1) is 13.2. The number of rotatable bonds is 1. The Labute approximate surface area is 175 Å². The van der Waals surface area contributed by atoms with Crippen molar-refractivity contribution in [2.45, 2.75) is 97.1 Å². The van der Waals surface area contributed by atoms with Crippen LogP contribution in [0.1, 0.15) is 73.6 Å². The highest BCUT2D eigenvalue weighted by Gasteiger charge is 2.93. The maximum absolute atomic E-state index is 11.3. The van der Waals surface area contributed by atoms with Crippen molar-refractivity contribution in [3.8, 4) is 0 Å². The van der Waals surface area contributed by atoms with Crippen LogP contribution in [0.3, 0.4) is 0 Å². The van der Waals surface area contributed by atoms with Crippen LogP contribution in [0.4, 0.5) is 0 Å². The summed E-state index contributed by atoms with van der Waals surface area (Å²) in [6, 6.07) is 0. The van der Waals surface area contributed by atoms with Crippen LogP contribution in [-0.2, 0) is 0 Å². The summed E-state index contributed by atoms with van der Waals surface area (Å²) in [5.41, 5.74) is -1.70. The van der Waals surface area contributed by atoms with E-state index >= 15 is 0 Å². The van der Waals surface area contributed by atoms with Gasteiger partial charge in [0, 0.05) is 10.8 Å². The van der Waals surface area contributed by atoms with Gasteiger partial charge in [-0.25, -0.2) is 0 Å². The van der Waals surface area contributed by atoms with Crippen molar-refractivity contribution in [1.82, 2.24) is 0 Å². The van der Waals surface area contributed by atoms with Crippen LogP contribution >= 0.6 is 0 Å². The summed E-state index contributed by atoms with van der Waals surface area (Å²) >= 11 is 0. The summed E-state index contributed by atoms with van der Waals surface area (Å²) in [6.07, 6.45) is 3.65. The van der Waals surface area contributed by atoms with Crippen LogP contribution in [0.5, 0.6) is 0 Å². The van der Waals surface area contributed by atoms with Gasteiger partial charge in [0.05, 0.1) is 23.4 Å². The van der Waals surface area contributed by atoms with E-state index in [-0.39, 0.29) is 45.7 Å². The van der Waals surface area contributed by atoms with Gasteiger partial charge in [-0.3, -0.25) is 0 Å². The molecule has 0 aromatic heterocycles. The van der Waals surface area contributed by atoms with E-state index in [1.807, 2.05) is 20.8 Å². The van der Waals surface area contributed by atoms with Crippen LogP contribution in [0.15, 0.2) is 0 Å². The third-order valence-electron chi connectivity index (χ3n) is 12.9. The highest BCUT2D eigenvalue weighted by atomic mass is 16.3. The molecule has 6 aliphatic carbocycles. The molecule has 13 unspecified atom stereocenters. The second-order valence-electron chi connectivity index (χ2n) is 13.4. The zero-order valence-electron chi connectivity index (χ0n) is 18.9. The molecule has 0 amide bonds. The fraction of sp³-hybridized carbons (Fsp3) is 1.00. The lowest BCUT2D eigenvalue weighted by Crippen LogP contribution is -2.46. The summed E-state index contributed by atoms with van der Waals surface area (Å²) in [7, 11) is 0. The molecule has 6 rings (SSSR count). The SMILES string of the molecule is CC1C2C(CC34C(C(C)(C)O)CC(O)C3(C)C24)C23CCC(C)(O)C2CC(O)C13C. The zero-order chi connectivity index (χ0) is 21.2. The van der Waals surface area contributed by atoms with E-state index < -0.39 is 11.2 Å². The van der Waals surface area contributed by atoms with Crippen LogP contribution in [0.25, 0.3) is 0 Å². The lowest BCUT2D eigenvalue weighted by atomic mass is 9.58. The average molecular weight is 405 g/mol. The molecule has 13 atom stereocenters. The predicted molar refractivity (Wildman–Crippen MR) is 110 cm³/mol. The molecule has 4 N–H and O–H groups in total. The van der Waals surface area contributed by atoms with E-state index in [4.69, 9.17) is 0 Å². The van der Waals surface area contributed by atoms with Crippen molar-refractivity contribution in [3.05, 3.63) is 0 Å². The molecule has 6 aliphatic rings. The zero-order valence-corrected chi connectivity index (χ0v) is 18.9. The standard InChI is InChI=1S/C25H40O4/c1-12-18-13(24-8-7-21(4,29)15(24)10-16(26)22(12,24)5)11-25-14(20(2,3)28)9-17(27)23(25,6)19(18)25/h12-19,26-29H,7-11H2,1-6H3. The second-order valence-corrected chi connectivity index (χ2v) is 13.4. The van der Waals surface area contributed by atoms with Crippen molar-refractivity contribution in [1.29, 1.82) is 0 Å². The third-order valence-corrected chi connectivity index (χ3v) is 12.9. The molecule has 4 heteroatoms. The van der Waals surface area contributed by atoms with Gasteiger partial charge in [0.15, 0.2) is 0 Å². The van der Waals surface area contributed by atoms with Crippen LogP contribution in [0, 0.1) is 57.2 Å². The Morgan fingerprint density at radius 1 is 0.897 bits per heavy atom. The molecule has 0 radical (unpaired) electrons. The van der Waals surface area contributed by atoms with Gasteiger partial charge in [0.2, 0.25) is 0 Å². The Morgan fingerprint density at radius 2 is 1.52 bits per heavy atom. The van der Waals surface area contributed by atoms with Crippen LogP contribution < -0.4 is 0 Å². The van der Waals surface area contributed by atoms with Crippen molar-refractivity contribution < 1.29 is 20.4 Å². The number of aliphatic hydroxyl groups is 4. The monoisotopic (exact) mass is 404 g/mol. The molecule has 0 aromatic carbocycles. The predicted octanol–water partition coefficient (Wildman–Crippen LogP) is 2.96. The van der Waals surface area contributed by atoms with E-state index in [2.05, 4.69) is 20.8 Å². The van der Waals surface area contributed by atoms with Gasteiger partial charge in [-0.15, -0.1) is 0 Å². The topological polar surface area (TPSA) is 80.9 Å². The van der Waals surface area contributed by atoms with Crippen molar-refractivity contribution in [3.63, 3.8) is 0 Å². The molecule has 6 fully saturated rings. The highest BCUT2D eigenvalue weighted by molar-refractivity contribution is 5.40. The van der Waals surface area contributed by atoms with Gasteiger partial charge in [-0.05, 0) is 99.2 Å². The first-order valence-corrected chi connectivity index (χ1v) is 12.0. The molecular weight excluding hydrogens is 364 g/mol. The summed E-state index contributed by atoms with van der Waals surface area (Å²) in [5.74, 6) is 2.09. The Bertz CT molecular complexity index is 786. The largest absolute Gasteiger partial charge is 0.393 e. The Kier molecular flexibility index (Phi) is 3.21. The average Bonchev–Trinajstić information content (AvgIpc) is 3.02. The van der Waals surface area contributed by atoms with E-state index in [0.29, 0.717) is 30.1 Å². The van der Waals surface area contributed by atoms with E-state index in [9.17, 15) is 20.4 Å². The molecule has 0 aromatic rings.